The molecule has 1 aliphatic rings. The highest BCUT2D eigenvalue weighted by Crippen LogP contribution is 2.31. The van der Waals surface area contributed by atoms with E-state index in [1.165, 1.54) is 12.5 Å². The van der Waals surface area contributed by atoms with Crippen molar-refractivity contribution in [3.63, 3.8) is 0 Å². The zero-order valence-corrected chi connectivity index (χ0v) is 22.5. The van der Waals surface area contributed by atoms with Crippen molar-refractivity contribution in [2.75, 3.05) is 20.6 Å². The van der Waals surface area contributed by atoms with Crippen molar-refractivity contribution in [2.45, 2.75) is 78.4 Å². The van der Waals surface area contributed by atoms with Crippen molar-refractivity contribution in [3.05, 3.63) is 47.5 Å². The molecule has 2 rings (SSSR count). The molecule has 1 fully saturated rings. The molecule has 0 spiro atoms. The van der Waals surface area contributed by atoms with Gasteiger partial charge in [0.1, 0.15) is 6.04 Å². The second-order valence-electron chi connectivity index (χ2n) is 11.3. The highest BCUT2D eigenvalue weighted by Gasteiger charge is 2.40. The smallest absolute Gasteiger partial charge is 0.331 e. The zero-order valence-electron chi connectivity index (χ0n) is 22.5. The average molecular weight is 486 g/mol. The first-order chi connectivity index (χ1) is 16.2. The van der Waals surface area contributed by atoms with Crippen LogP contribution in [-0.2, 0) is 14.4 Å². The van der Waals surface area contributed by atoms with E-state index in [-0.39, 0.29) is 29.3 Å². The Morgan fingerprint density at radius 3 is 2.29 bits per heavy atom. The molecule has 4 atom stereocenters. The van der Waals surface area contributed by atoms with Gasteiger partial charge in [0.15, 0.2) is 0 Å². The number of nitrogens with one attached hydrogen (secondary N) is 1. The van der Waals surface area contributed by atoms with Gasteiger partial charge in [0.05, 0.1) is 12.1 Å². The highest BCUT2D eigenvalue weighted by molar-refractivity contribution is 5.91. The molecule has 7 nitrogen and oxygen atoms in total. The maximum atomic E-state index is 13.7. The van der Waals surface area contributed by atoms with Crippen LogP contribution in [0.5, 0.6) is 0 Å². The summed E-state index contributed by atoms with van der Waals surface area (Å²) < 4.78 is 0. The molecule has 194 valence electrons. The van der Waals surface area contributed by atoms with Crippen LogP contribution in [0.2, 0.25) is 0 Å². The molecule has 1 aromatic rings. The topological polar surface area (TPSA) is 90.0 Å². The van der Waals surface area contributed by atoms with Gasteiger partial charge in [-0.2, -0.15) is 0 Å². The first kappa shape index (κ1) is 28.6. The monoisotopic (exact) mass is 485 g/mol. The first-order valence-corrected chi connectivity index (χ1v) is 12.5. The maximum Gasteiger partial charge on any atom is 0.331 e. The number of hydrogen-bond donors (Lipinski definition) is 2. The molecule has 1 aliphatic heterocycles. The number of piperidine rings is 1. The number of amides is 2. The fourth-order valence-electron chi connectivity index (χ4n) is 4.73. The van der Waals surface area contributed by atoms with E-state index in [0.717, 1.165) is 13.0 Å². The van der Waals surface area contributed by atoms with Gasteiger partial charge in [-0.3, -0.25) is 14.5 Å². The zero-order chi connectivity index (χ0) is 26.5. The number of aliphatic carboxylic acids is 1. The van der Waals surface area contributed by atoms with Crippen molar-refractivity contribution in [1.29, 1.82) is 0 Å². The Morgan fingerprint density at radius 1 is 1.17 bits per heavy atom. The molecule has 0 radical (unpaired) electrons. The molecular formula is C28H43N3O4. The minimum atomic E-state index is -1.01. The number of benzene rings is 1. The van der Waals surface area contributed by atoms with E-state index >= 15 is 0 Å². The van der Waals surface area contributed by atoms with Crippen molar-refractivity contribution in [1.82, 2.24) is 15.1 Å². The van der Waals surface area contributed by atoms with Gasteiger partial charge < -0.3 is 15.3 Å². The highest BCUT2D eigenvalue weighted by atomic mass is 16.4. The third-order valence-electron chi connectivity index (χ3n) is 7.08. The lowest BCUT2D eigenvalue weighted by Gasteiger charge is -2.40. The third kappa shape index (κ3) is 7.40. The molecule has 1 saturated heterocycles. The average Bonchev–Trinajstić information content (AvgIpc) is 2.79. The molecular weight excluding hydrogens is 442 g/mol. The lowest BCUT2D eigenvalue weighted by Crippen LogP contribution is -2.60. The molecule has 0 saturated carbocycles. The van der Waals surface area contributed by atoms with E-state index in [1.807, 2.05) is 59.9 Å². The molecule has 1 aromatic carbocycles. The van der Waals surface area contributed by atoms with Crippen LogP contribution >= 0.6 is 0 Å². The van der Waals surface area contributed by atoms with Crippen LogP contribution in [0.25, 0.3) is 0 Å². The molecule has 7 heteroatoms. The molecule has 35 heavy (non-hydrogen) atoms. The number of nitrogens with zero attached hydrogens (tertiary/aromatic N) is 2. The predicted octanol–water partition coefficient (Wildman–Crippen LogP) is 3.91. The number of rotatable bonds is 8. The molecule has 0 bridgehead atoms. The predicted molar refractivity (Wildman–Crippen MR) is 139 cm³/mol. The normalized spacial score (nSPS) is 21.3. The summed E-state index contributed by atoms with van der Waals surface area (Å²) in [5.74, 6) is -1.08. The van der Waals surface area contributed by atoms with Crippen LogP contribution in [-0.4, -0.2) is 71.5 Å². The summed E-state index contributed by atoms with van der Waals surface area (Å²) in [6.45, 7) is 12.0. The van der Waals surface area contributed by atoms with Crippen LogP contribution in [0.3, 0.4) is 0 Å². The summed E-state index contributed by atoms with van der Waals surface area (Å²) >= 11 is 0. The SMILES string of the molecule is CC(=C[C@H](C(C)C)N(C)C(=O)C(NC(=O)C1C[C@H](c2ccccc2)CCN1C)C(C)(C)C)C(=O)O. The minimum absolute atomic E-state index is 0.00526. The van der Waals surface area contributed by atoms with E-state index in [2.05, 4.69) is 22.3 Å². The van der Waals surface area contributed by atoms with Crippen molar-refractivity contribution < 1.29 is 19.5 Å². The van der Waals surface area contributed by atoms with Crippen LogP contribution < -0.4 is 5.32 Å². The molecule has 2 unspecified atom stereocenters. The maximum absolute atomic E-state index is 13.7. The number of carboxylic acids is 1. The van der Waals surface area contributed by atoms with Crippen LogP contribution in [0.15, 0.2) is 42.0 Å². The summed E-state index contributed by atoms with van der Waals surface area (Å²) in [5, 5.41) is 12.4. The standard InChI is InChI=1S/C28H43N3O4/c1-18(2)22(16-19(3)27(34)35)31(8)26(33)24(28(4,5)6)29-25(32)23-17-21(14-15-30(23)7)20-12-10-9-11-13-20/h9-13,16,18,21-24H,14-15,17H2,1-8H3,(H,29,32)(H,34,35)/t21-,22-,23?,24?/m1/s1. The van der Waals surface area contributed by atoms with Crippen molar-refractivity contribution in [2.24, 2.45) is 11.3 Å². The molecule has 0 aromatic heterocycles. The van der Waals surface area contributed by atoms with E-state index in [9.17, 15) is 19.5 Å². The number of carbonyl (C=O) groups is 3. The summed E-state index contributed by atoms with van der Waals surface area (Å²) in [4.78, 5) is 42.3. The van der Waals surface area contributed by atoms with Gasteiger partial charge in [0.25, 0.3) is 0 Å². The van der Waals surface area contributed by atoms with E-state index in [1.54, 1.807) is 18.0 Å². The number of likely N-dealkylation sites (tertiary alicyclic amines) is 1. The van der Waals surface area contributed by atoms with E-state index in [0.29, 0.717) is 12.3 Å². The first-order valence-electron chi connectivity index (χ1n) is 12.5. The van der Waals surface area contributed by atoms with Crippen molar-refractivity contribution in [3.8, 4) is 0 Å². The minimum Gasteiger partial charge on any atom is -0.478 e. The van der Waals surface area contributed by atoms with Crippen LogP contribution in [0.1, 0.15) is 65.9 Å². The lowest BCUT2D eigenvalue weighted by molar-refractivity contribution is -0.141. The Bertz CT molecular complexity index is 920. The second kappa shape index (κ2) is 11.8. The van der Waals surface area contributed by atoms with E-state index in [4.69, 9.17) is 0 Å². The van der Waals surface area contributed by atoms with Crippen molar-refractivity contribution >= 4 is 17.8 Å². The largest absolute Gasteiger partial charge is 0.478 e. The third-order valence-corrected chi connectivity index (χ3v) is 7.08. The number of carbonyl (C=O) groups excluding carboxylic acids is 2. The summed E-state index contributed by atoms with van der Waals surface area (Å²) in [7, 11) is 3.64. The Morgan fingerprint density at radius 2 is 1.77 bits per heavy atom. The van der Waals surface area contributed by atoms with Gasteiger partial charge in [0.2, 0.25) is 11.8 Å². The van der Waals surface area contributed by atoms with Gasteiger partial charge in [-0.15, -0.1) is 0 Å². The Kier molecular flexibility index (Phi) is 9.67. The van der Waals surface area contributed by atoms with Gasteiger partial charge >= 0.3 is 5.97 Å². The fraction of sp³-hybridized carbons (Fsp3) is 0.607. The molecule has 2 amide bonds. The number of likely N-dealkylation sites (N-methyl/N-ethyl adjacent to an activating group) is 2. The second-order valence-corrected chi connectivity index (χ2v) is 11.3. The van der Waals surface area contributed by atoms with Crippen LogP contribution in [0, 0.1) is 11.3 Å². The van der Waals surface area contributed by atoms with Gasteiger partial charge in [-0.1, -0.05) is 71.0 Å². The van der Waals surface area contributed by atoms with Gasteiger partial charge in [-0.05, 0) is 56.2 Å². The quantitative estimate of drug-likeness (QED) is 0.545. The summed E-state index contributed by atoms with van der Waals surface area (Å²) in [5.41, 5.74) is 0.901. The molecule has 1 heterocycles. The van der Waals surface area contributed by atoms with Gasteiger partial charge in [0, 0.05) is 12.6 Å². The summed E-state index contributed by atoms with van der Waals surface area (Å²) in [6.07, 6.45) is 3.30. The molecule has 0 aliphatic carbocycles. The number of carboxylic acid groups (broad SMARTS) is 1. The number of hydrogen-bond acceptors (Lipinski definition) is 4. The Balaban J connectivity index is 2.25. The fourth-order valence-corrected chi connectivity index (χ4v) is 4.73. The Labute approximate surface area is 210 Å². The Hall–Kier alpha value is -2.67. The summed E-state index contributed by atoms with van der Waals surface area (Å²) in [6, 6.07) is 8.80. The lowest BCUT2D eigenvalue weighted by atomic mass is 9.83. The van der Waals surface area contributed by atoms with Gasteiger partial charge in [-0.25, -0.2) is 4.79 Å². The van der Waals surface area contributed by atoms with Crippen LogP contribution in [0.4, 0.5) is 0 Å². The van der Waals surface area contributed by atoms with E-state index < -0.39 is 23.5 Å². The molecule has 2 N–H and O–H groups in total.